The third-order valence-corrected chi connectivity index (χ3v) is 4.10. The second kappa shape index (κ2) is 8.15. The Hall–Kier alpha value is -3.07. The van der Waals surface area contributed by atoms with Gasteiger partial charge < -0.3 is 10.1 Å². The smallest absolute Gasteiger partial charge is 0.325 e. The molecule has 8 nitrogen and oxygen atoms in total. The number of Topliss-reactive ketones (excluding diaryl/α,β-unsaturated/α-hetero) is 1. The van der Waals surface area contributed by atoms with Gasteiger partial charge in [0, 0.05) is 17.2 Å². The lowest BCUT2D eigenvalue weighted by atomic mass is 10.1. The number of hydrogen-bond acceptors (Lipinski definition) is 7. The van der Waals surface area contributed by atoms with Crippen LogP contribution in [0.4, 0.5) is 5.69 Å². The van der Waals surface area contributed by atoms with E-state index < -0.39 is 29.2 Å². The molecule has 1 aromatic carbocycles. The molecule has 0 unspecified atom stereocenters. The van der Waals surface area contributed by atoms with Crippen molar-refractivity contribution in [3.63, 3.8) is 0 Å². The fourth-order valence-electron chi connectivity index (χ4n) is 1.91. The predicted octanol–water partition coefficient (Wildman–Crippen LogP) is 2.12. The topological polar surface area (TPSA) is 116 Å². The van der Waals surface area contributed by atoms with E-state index >= 15 is 0 Å². The number of carbonyl (C=O) groups is 3. The Kier molecular flexibility index (Phi) is 5.96. The predicted molar refractivity (Wildman–Crippen MR) is 89.8 cm³/mol. The molecule has 130 valence electrons. The maximum Gasteiger partial charge on any atom is 0.325 e. The molecule has 0 bridgehead atoms. The van der Waals surface area contributed by atoms with Gasteiger partial charge in [-0.3, -0.25) is 24.5 Å². The summed E-state index contributed by atoms with van der Waals surface area (Å²) in [7, 11) is 0. The minimum Gasteiger partial charge on any atom is -0.456 e. The number of rotatable bonds is 7. The Morgan fingerprint density at radius 2 is 2.04 bits per heavy atom. The SMILES string of the molecule is Cc1ccc(C(=O)COC(=O)CNC(=O)c2cccs2)cc1[N+](=O)[O-]. The van der Waals surface area contributed by atoms with E-state index in [1.54, 1.807) is 24.4 Å². The first-order valence-electron chi connectivity index (χ1n) is 7.14. The molecule has 0 saturated heterocycles. The van der Waals surface area contributed by atoms with Gasteiger partial charge in [0.1, 0.15) is 6.54 Å². The summed E-state index contributed by atoms with van der Waals surface area (Å²) in [4.78, 5) is 46.0. The number of nitro benzene ring substituents is 1. The summed E-state index contributed by atoms with van der Waals surface area (Å²) in [5.74, 6) is -1.76. The molecule has 25 heavy (non-hydrogen) atoms. The lowest BCUT2D eigenvalue weighted by Crippen LogP contribution is -2.31. The zero-order valence-electron chi connectivity index (χ0n) is 13.2. The Balaban J connectivity index is 1.85. The van der Waals surface area contributed by atoms with Crippen LogP contribution in [-0.2, 0) is 9.53 Å². The molecule has 0 aliphatic heterocycles. The Morgan fingerprint density at radius 1 is 1.28 bits per heavy atom. The molecule has 0 aliphatic carbocycles. The van der Waals surface area contributed by atoms with Gasteiger partial charge in [-0.1, -0.05) is 18.2 Å². The average Bonchev–Trinajstić information content (AvgIpc) is 3.12. The molecule has 0 spiro atoms. The highest BCUT2D eigenvalue weighted by Gasteiger charge is 2.16. The summed E-state index contributed by atoms with van der Waals surface area (Å²) < 4.78 is 4.79. The van der Waals surface area contributed by atoms with E-state index in [4.69, 9.17) is 4.74 Å². The third kappa shape index (κ3) is 4.95. The number of carbonyl (C=O) groups excluding carboxylic acids is 3. The largest absolute Gasteiger partial charge is 0.456 e. The number of aryl methyl sites for hydroxylation is 1. The number of nitrogens with zero attached hydrogens (tertiary/aromatic N) is 1. The van der Waals surface area contributed by atoms with E-state index in [2.05, 4.69) is 5.32 Å². The van der Waals surface area contributed by atoms with Crippen LogP contribution in [0, 0.1) is 17.0 Å². The van der Waals surface area contributed by atoms with E-state index in [0.29, 0.717) is 10.4 Å². The number of esters is 1. The van der Waals surface area contributed by atoms with Crippen LogP contribution in [0.3, 0.4) is 0 Å². The Morgan fingerprint density at radius 3 is 2.68 bits per heavy atom. The van der Waals surface area contributed by atoms with Crippen LogP contribution in [0.2, 0.25) is 0 Å². The highest BCUT2D eigenvalue weighted by atomic mass is 32.1. The van der Waals surface area contributed by atoms with Crippen molar-refractivity contribution in [2.45, 2.75) is 6.92 Å². The molecule has 2 rings (SSSR count). The van der Waals surface area contributed by atoms with Crippen LogP contribution in [0.25, 0.3) is 0 Å². The average molecular weight is 362 g/mol. The molecular weight excluding hydrogens is 348 g/mol. The van der Waals surface area contributed by atoms with Gasteiger partial charge >= 0.3 is 5.97 Å². The molecule has 1 aromatic heterocycles. The van der Waals surface area contributed by atoms with Crippen molar-refractivity contribution in [1.82, 2.24) is 5.32 Å². The van der Waals surface area contributed by atoms with Crippen molar-refractivity contribution in [3.8, 4) is 0 Å². The fourth-order valence-corrected chi connectivity index (χ4v) is 2.55. The molecule has 0 aliphatic rings. The van der Waals surface area contributed by atoms with Gasteiger partial charge in [0.2, 0.25) is 5.78 Å². The molecule has 1 heterocycles. The monoisotopic (exact) mass is 362 g/mol. The zero-order chi connectivity index (χ0) is 18.4. The molecule has 1 N–H and O–H groups in total. The van der Waals surface area contributed by atoms with E-state index in [1.165, 1.54) is 23.5 Å². The molecule has 2 aromatic rings. The highest BCUT2D eigenvalue weighted by Crippen LogP contribution is 2.19. The molecule has 0 atom stereocenters. The minimum atomic E-state index is -0.778. The lowest BCUT2D eigenvalue weighted by Gasteiger charge is -2.06. The van der Waals surface area contributed by atoms with Gasteiger partial charge in [-0.25, -0.2) is 0 Å². The maximum absolute atomic E-state index is 12.0. The van der Waals surface area contributed by atoms with Gasteiger partial charge in [-0.2, -0.15) is 0 Å². The standard InChI is InChI=1S/C16H14N2O6S/c1-10-4-5-11(7-12(10)18(22)23)13(19)9-24-15(20)8-17-16(21)14-3-2-6-25-14/h2-7H,8-9H2,1H3,(H,17,21). The van der Waals surface area contributed by atoms with Crippen LogP contribution in [0.1, 0.15) is 25.6 Å². The summed E-state index contributed by atoms with van der Waals surface area (Å²) in [5.41, 5.74) is 0.322. The zero-order valence-corrected chi connectivity index (χ0v) is 14.0. The summed E-state index contributed by atoms with van der Waals surface area (Å²) in [6.07, 6.45) is 0. The quantitative estimate of drug-likeness (QED) is 0.349. The molecule has 0 fully saturated rings. The number of nitro groups is 1. The van der Waals surface area contributed by atoms with Crippen LogP contribution in [0.15, 0.2) is 35.7 Å². The third-order valence-electron chi connectivity index (χ3n) is 3.23. The number of nitrogens with one attached hydrogen (secondary N) is 1. The van der Waals surface area contributed by atoms with Gasteiger partial charge in [0.05, 0.1) is 9.80 Å². The molecular formula is C16H14N2O6S. The van der Waals surface area contributed by atoms with Gasteiger partial charge in [-0.15, -0.1) is 11.3 Å². The highest BCUT2D eigenvalue weighted by molar-refractivity contribution is 7.12. The van der Waals surface area contributed by atoms with E-state index in [9.17, 15) is 24.5 Å². The van der Waals surface area contributed by atoms with Crippen molar-refractivity contribution in [2.24, 2.45) is 0 Å². The second-order valence-corrected chi connectivity index (χ2v) is 5.95. The van der Waals surface area contributed by atoms with Crippen molar-refractivity contribution < 1.29 is 24.0 Å². The first-order chi connectivity index (χ1) is 11.9. The van der Waals surface area contributed by atoms with Crippen molar-refractivity contribution in [1.29, 1.82) is 0 Å². The number of thiophene rings is 1. The van der Waals surface area contributed by atoms with Crippen molar-refractivity contribution >= 4 is 34.7 Å². The van der Waals surface area contributed by atoms with Crippen molar-refractivity contribution in [3.05, 3.63) is 61.8 Å². The van der Waals surface area contributed by atoms with Gasteiger partial charge in [0.25, 0.3) is 11.6 Å². The fraction of sp³-hybridized carbons (Fsp3) is 0.188. The normalized spacial score (nSPS) is 10.1. The lowest BCUT2D eigenvalue weighted by molar-refractivity contribution is -0.385. The van der Waals surface area contributed by atoms with Gasteiger partial charge in [-0.05, 0) is 18.4 Å². The summed E-state index contributed by atoms with van der Waals surface area (Å²) >= 11 is 1.23. The van der Waals surface area contributed by atoms with Crippen LogP contribution >= 0.6 is 11.3 Å². The number of ketones is 1. The van der Waals surface area contributed by atoms with Crippen molar-refractivity contribution in [2.75, 3.05) is 13.2 Å². The summed E-state index contributed by atoms with van der Waals surface area (Å²) in [5, 5.41) is 15.0. The first-order valence-corrected chi connectivity index (χ1v) is 8.02. The van der Waals surface area contributed by atoms with Crippen LogP contribution in [-0.4, -0.2) is 35.7 Å². The summed E-state index contributed by atoms with van der Waals surface area (Å²) in [6.45, 7) is 0.620. The van der Waals surface area contributed by atoms with Crippen LogP contribution in [0.5, 0.6) is 0 Å². The molecule has 1 amide bonds. The minimum absolute atomic E-state index is 0.0766. The van der Waals surface area contributed by atoms with Gasteiger partial charge in [0.15, 0.2) is 6.61 Å². The molecule has 0 saturated carbocycles. The maximum atomic E-state index is 12.0. The first kappa shape index (κ1) is 18.3. The van der Waals surface area contributed by atoms with E-state index in [-0.39, 0.29) is 17.8 Å². The number of hydrogen-bond donors (Lipinski definition) is 1. The number of benzene rings is 1. The van der Waals surface area contributed by atoms with E-state index in [0.717, 1.165) is 6.07 Å². The second-order valence-electron chi connectivity index (χ2n) is 5.00. The molecule has 0 radical (unpaired) electrons. The van der Waals surface area contributed by atoms with Crippen LogP contribution < -0.4 is 5.32 Å². The Bertz CT molecular complexity index is 816. The van der Waals surface area contributed by atoms with E-state index in [1.807, 2.05) is 0 Å². The number of ether oxygens (including phenoxy) is 1. The molecule has 9 heteroatoms. The Labute approximate surface area is 146 Å². The summed E-state index contributed by atoms with van der Waals surface area (Å²) in [6, 6.07) is 7.34. The number of amides is 1.